The van der Waals surface area contributed by atoms with E-state index >= 15 is 0 Å². The maximum Gasteiger partial charge on any atom is 0.127 e. The summed E-state index contributed by atoms with van der Waals surface area (Å²) in [4.78, 5) is 0. The molecule has 1 N–H and O–H groups in total. The summed E-state index contributed by atoms with van der Waals surface area (Å²) < 4.78 is 15.3. The minimum absolute atomic E-state index is 0.303. The van der Waals surface area contributed by atoms with Crippen molar-refractivity contribution in [3.05, 3.63) is 28.5 Å². The molecule has 11 heavy (non-hydrogen) atoms. The Balaban J connectivity index is 3.25. The molecule has 0 aromatic heterocycles. The van der Waals surface area contributed by atoms with Gasteiger partial charge in [0.15, 0.2) is 0 Å². The SMILES string of the molecule is Cc1c(F)ccc(NS)c1Cl. The Morgan fingerprint density at radius 2 is 2.18 bits per heavy atom. The van der Waals surface area contributed by atoms with Crippen LogP contribution in [0.2, 0.25) is 5.02 Å². The maximum atomic E-state index is 12.8. The summed E-state index contributed by atoms with van der Waals surface area (Å²) in [6.07, 6.45) is 0. The standard InChI is InChI=1S/C7H7ClFNS/c1-4-5(9)2-3-6(10-11)7(4)8/h2-3,10-11H,1H3. The second-order valence-electron chi connectivity index (χ2n) is 2.15. The number of rotatable bonds is 1. The number of halogens is 2. The van der Waals surface area contributed by atoms with Crippen molar-refractivity contribution in [2.75, 3.05) is 4.72 Å². The van der Waals surface area contributed by atoms with E-state index in [4.69, 9.17) is 11.6 Å². The fraction of sp³-hybridized carbons (Fsp3) is 0.143. The molecule has 1 rings (SSSR count). The quantitative estimate of drug-likeness (QED) is 0.651. The van der Waals surface area contributed by atoms with Crippen LogP contribution in [0, 0.1) is 12.7 Å². The van der Waals surface area contributed by atoms with Gasteiger partial charge >= 0.3 is 0 Å². The normalized spacial score (nSPS) is 9.82. The van der Waals surface area contributed by atoms with Gasteiger partial charge in [0.25, 0.3) is 0 Å². The van der Waals surface area contributed by atoms with Crippen LogP contribution < -0.4 is 4.72 Å². The summed E-state index contributed by atoms with van der Waals surface area (Å²) in [5.41, 5.74) is 1.06. The van der Waals surface area contributed by atoms with E-state index in [9.17, 15) is 4.39 Å². The van der Waals surface area contributed by atoms with Crippen molar-refractivity contribution in [1.82, 2.24) is 0 Å². The lowest BCUT2D eigenvalue weighted by Gasteiger charge is -2.05. The summed E-state index contributed by atoms with van der Waals surface area (Å²) in [6, 6.07) is 2.89. The van der Waals surface area contributed by atoms with Crippen LogP contribution in [-0.4, -0.2) is 0 Å². The first kappa shape index (κ1) is 8.68. The van der Waals surface area contributed by atoms with Gasteiger partial charge in [0.05, 0.1) is 10.7 Å². The first-order valence-electron chi connectivity index (χ1n) is 3.01. The van der Waals surface area contributed by atoms with Gasteiger partial charge in [-0.1, -0.05) is 24.4 Å². The molecule has 4 heteroatoms. The van der Waals surface area contributed by atoms with E-state index in [1.54, 1.807) is 6.92 Å². The second-order valence-corrected chi connectivity index (χ2v) is 2.75. The summed E-state index contributed by atoms with van der Waals surface area (Å²) in [5, 5.41) is 0.375. The van der Waals surface area contributed by atoms with Crippen LogP contribution >= 0.6 is 24.4 Å². The molecule has 0 unspecified atom stereocenters. The molecule has 1 nitrogen and oxygen atoms in total. The van der Waals surface area contributed by atoms with Crippen LogP contribution in [0.4, 0.5) is 10.1 Å². The molecular formula is C7H7ClFNS. The Bertz CT molecular complexity index is 277. The van der Waals surface area contributed by atoms with Crippen molar-refractivity contribution in [2.45, 2.75) is 6.92 Å². The zero-order valence-corrected chi connectivity index (χ0v) is 7.51. The molecule has 0 spiro atoms. The summed E-state index contributed by atoms with van der Waals surface area (Å²) in [6.45, 7) is 1.62. The monoisotopic (exact) mass is 191 g/mol. The molecule has 0 aliphatic heterocycles. The zero-order valence-electron chi connectivity index (χ0n) is 5.86. The highest BCUT2D eigenvalue weighted by Crippen LogP contribution is 2.27. The lowest BCUT2D eigenvalue weighted by Crippen LogP contribution is -1.88. The predicted molar refractivity (Wildman–Crippen MR) is 48.8 cm³/mol. The lowest BCUT2D eigenvalue weighted by atomic mass is 10.2. The fourth-order valence-corrected chi connectivity index (χ4v) is 1.20. The molecule has 0 radical (unpaired) electrons. The van der Waals surface area contributed by atoms with E-state index in [-0.39, 0.29) is 5.82 Å². The zero-order chi connectivity index (χ0) is 8.43. The van der Waals surface area contributed by atoms with Crippen molar-refractivity contribution in [1.29, 1.82) is 0 Å². The molecule has 0 fully saturated rings. The highest BCUT2D eigenvalue weighted by molar-refractivity contribution is 7.81. The number of hydrogen-bond donors (Lipinski definition) is 2. The summed E-state index contributed by atoms with van der Waals surface area (Å²) in [5.74, 6) is -0.303. The molecule has 1 aromatic carbocycles. The third-order valence-corrected chi connectivity index (χ3v) is 2.17. The van der Waals surface area contributed by atoms with Gasteiger partial charge in [0.2, 0.25) is 0 Å². The van der Waals surface area contributed by atoms with Gasteiger partial charge in [0, 0.05) is 5.56 Å². The average molecular weight is 192 g/mol. The first-order valence-corrected chi connectivity index (χ1v) is 3.84. The molecule has 0 saturated heterocycles. The molecule has 60 valence electrons. The minimum Gasteiger partial charge on any atom is -0.331 e. The van der Waals surface area contributed by atoms with E-state index in [0.717, 1.165) is 0 Å². The van der Waals surface area contributed by atoms with E-state index in [1.807, 2.05) is 0 Å². The van der Waals surface area contributed by atoms with Gasteiger partial charge < -0.3 is 4.72 Å². The van der Waals surface area contributed by atoms with Crippen molar-refractivity contribution in [3.8, 4) is 0 Å². The van der Waals surface area contributed by atoms with E-state index in [2.05, 4.69) is 17.5 Å². The van der Waals surface area contributed by atoms with Gasteiger partial charge in [-0.05, 0) is 19.1 Å². The average Bonchev–Trinajstić information content (AvgIpc) is 2.01. The van der Waals surface area contributed by atoms with E-state index in [1.165, 1.54) is 12.1 Å². The fourth-order valence-electron chi connectivity index (χ4n) is 0.748. The van der Waals surface area contributed by atoms with Crippen LogP contribution in [0.3, 0.4) is 0 Å². The van der Waals surface area contributed by atoms with Gasteiger partial charge in [-0.15, -0.1) is 0 Å². The van der Waals surface area contributed by atoms with E-state index in [0.29, 0.717) is 16.3 Å². The third kappa shape index (κ3) is 1.60. The molecule has 1 aromatic rings. The van der Waals surface area contributed by atoms with Gasteiger partial charge in [-0.3, -0.25) is 0 Å². The minimum atomic E-state index is -0.303. The van der Waals surface area contributed by atoms with Crippen LogP contribution in [0.25, 0.3) is 0 Å². The highest BCUT2D eigenvalue weighted by atomic mass is 35.5. The molecule has 0 atom stereocenters. The molecule has 0 amide bonds. The van der Waals surface area contributed by atoms with Crippen LogP contribution in [0.5, 0.6) is 0 Å². The van der Waals surface area contributed by atoms with Crippen molar-refractivity contribution in [2.24, 2.45) is 0 Å². The number of hydrogen-bond acceptors (Lipinski definition) is 2. The predicted octanol–water partition coefficient (Wildman–Crippen LogP) is 3.04. The molecular weight excluding hydrogens is 185 g/mol. The van der Waals surface area contributed by atoms with Gasteiger partial charge in [-0.2, -0.15) is 0 Å². The number of anilines is 1. The van der Waals surface area contributed by atoms with Gasteiger partial charge in [-0.25, -0.2) is 4.39 Å². The Kier molecular flexibility index (Phi) is 2.62. The van der Waals surface area contributed by atoms with Crippen molar-refractivity contribution >= 4 is 30.1 Å². The van der Waals surface area contributed by atoms with Crippen LogP contribution in [-0.2, 0) is 0 Å². The third-order valence-electron chi connectivity index (χ3n) is 1.44. The Hall–Kier alpha value is -0.410. The number of benzene rings is 1. The second kappa shape index (κ2) is 3.32. The Morgan fingerprint density at radius 1 is 1.55 bits per heavy atom. The molecule has 0 bridgehead atoms. The Morgan fingerprint density at radius 3 is 2.73 bits per heavy atom. The van der Waals surface area contributed by atoms with Crippen LogP contribution in [0.1, 0.15) is 5.56 Å². The highest BCUT2D eigenvalue weighted by Gasteiger charge is 2.05. The Labute approximate surface area is 75.1 Å². The molecule has 0 aliphatic carbocycles. The lowest BCUT2D eigenvalue weighted by molar-refractivity contribution is 0.619. The number of thiol groups is 1. The topological polar surface area (TPSA) is 12.0 Å². The van der Waals surface area contributed by atoms with E-state index < -0.39 is 0 Å². The smallest absolute Gasteiger partial charge is 0.127 e. The number of nitrogens with one attached hydrogen (secondary N) is 1. The molecule has 0 aliphatic rings. The largest absolute Gasteiger partial charge is 0.331 e. The maximum absolute atomic E-state index is 12.8. The van der Waals surface area contributed by atoms with Crippen molar-refractivity contribution < 1.29 is 4.39 Å². The summed E-state index contributed by atoms with van der Waals surface area (Å²) >= 11 is 9.55. The van der Waals surface area contributed by atoms with Crippen molar-refractivity contribution in [3.63, 3.8) is 0 Å². The molecule has 0 saturated carbocycles. The van der Waals surface area contributed by atoms with Gasteiger partial charge in [0.1, 0.15) is 5.82 Å². The summed E-state index contributed by atoms with van der Waals surface area (Å²) in [7, 11) is 0. The van der Waals surface area contributed by atoms with Crippen LogP contribution in [0.15, 0.2) is 12.1 Å². The molecule has 0 heterocycles. The first-order chi connectivity index (χ1) is 5.16.